The topological polar surface area (TPSA) is 113 Å². The van der Waals surface area contributed by atoms with Crippen molar-refractivity contribution in [3.05, 3.63) is 53.3 Å². The molecule has 0 aliphatic carbocycles. The predicted octanol–water partition coefficient (Wildman–Crippen LogP) is 3.64. The normalized spacial score (nSPS) is 18.0. The molecule has 3 rings (SSSR count). The van der Waals surface area contributed by atoms with E-state index in [4.69, 9.17) is 26.2 Å². The monoisotopic (exact) mass is 474 g/mol. The van der Waals surface area contributed by atoms with Gasteiger partial charge < -0.3 is 25.8 Å². The first-order chi connectivity index (χ1) is 15.1. The molecule has 0 spiro atoms. The molecule has 2 aromatic rings. The van der Waals surface area contributed by atoms with Crippen molar-refractivity contribution >= 4 is 29.3 Å². The number of halogens is 4. The lowest BCUT2D eigenvalue weighted by Crippen LogP contribution is -2.49. The van der Waals surface area contributed by atoms with Gasteiger partial charge in [-0.05, 0) is 49.4 Å². The van der Waals surface area contributed by atoms with E-state index in [9.17, 15) is 18.0 Å². The van der Waals surface area contributed by atoms with E-state index in [1.165, 1.54) is 0 Å². The van der Waals surface area contributed by atoms with Crippen LogP contribution in [0.25, 0.3) is 0 Å². The van der Waals surface area contributed by atoms with Crippen molar-refractivity contribution in [2.24, 2.45) is 0 Å². The first-order valence-corrected chi connectivity index (χ1v) is 9.81. The molecule has 0 saturated carbocycles. The molecule has 1 aliphatic rings. The number of nitrogens with one attached hydrogen (secondary N) is 3. The third-order valence-electron chi connectivity index (χ3n) is 4.52. The number of benzene rings is 1. The molecule has 1 aliphatic heterocycles. The molecule has 4 N–H and O–H groups in total. The zero-order valence-electron chi connectivity index (χ0n) is 16.9. The van der Waals surface area contributed by atoms with E-state index in [-0.39, 0.29) is 18.0 Å². The van der Waals surface area contributed by atoms with Crippen molar-refractivity contribution in [2.45, 2.75) is 24.6 Å². The first kappa shape index (κ1) is 25.2. The summed E-state index contributed by atoms with van der Waals surface area (Å²) in [6, 6.07) is 10.6. The average molecular weight is 475 g/mol. The summed E-state index contributed by atoms with van der Waals surface area (Å²) in [6.45, 7) is 1.63. The molecule has 2 atom stereocenters. The molecule has 1 fully saturated rings. The summed E-state index contributed by atoms with van der Waals surface area (Å²) in [7, 11) is 1.62. The van der Waals surface area contributed by atoms with Crippen LogP contribution in [0.1, 0.15) is 18.0 Å². The highest BCUT2D eigenvalue weighted by Gasteiger charge is 2.38. The number of urea groups is 1. The van der Waals surface area contributed by atoms with E-state index in [1.54, 1.807) is 37.6 Å². The SMILES string of the molecule is COc1ccc(C2CNCCC2NC(=O)Nc2ccc(Cl)cc2)nc1.O=C(O)C(F)(F)F. The average Bonchev–Trinajstić information content (AvgIpc) is 2.75. The van der Waals surface area contributed by atoms with E-state index in [2.05, 4.69) is 20.9 Å². The van der Waals surface area contributed by atoms with Crippen LogP contribution in [0, 0.1) is 0 Å². The van der Waals surface area contributed by atoms with Crippen LogP contribution in [0.5, 0.6) is 5.75 Å². The lowest BCUT2D eigenvalue weighted by Gasteiger charge is -2.32. The number of aromatic nitrogens is 1. The van der Waals surface area contributed by atoms with Crippen molar-refractivity contribution in [1.29, 1.82) is 0 Å². The Balaban J connectivity index is 0.000000451. The van der Waals surface area contributed by atoms with Gasteiger partial charge >= 0.3 is 18.2 Å². The number of methoxy groups -OCH3 is 1. The maximum Gasteiger partial charge on any atom is 0.490 e. The van der Waals surface area contributed by atoms with Crippen molar-refractivity contribution in [2.75, 3.05) is 25.5 Å². The molecule has 0 radical (unpaired) electrons. The standard InChI is InChI=1S/C18H21ClN4O2.C2HF3O2/c1-25-14-6-7-16(21-10-14)15-11-20-9-8-17(15)23-18(24)22-13-4-2-12(19)3-5-13;3-2(4,5)1(6)7/h2-7,10,15,17,20H,8-9,11H2,1H3,(H2,22,23,24);(H,6,7). The maximum absolute atomic E-state index is 12.3. The van der Waals surface area contributed by atoms with E-state index >= 15 is 0 Å². The number of carboxylic acid groups (broad SMARTS) is 1. The Morgan fingerprint density at radius 3 is 2.41 bits per heavy atom. The van der Waals surface area contributed by atoms with Crippen molar-refractivity contribution in [3.8, 4) is 5.75 Å². The molecule has 174 valence electrons. The highest BCUT2D eigenvalue weighted by atomic mass is 35.5. The van der Waals surface area contributed by atoms with Gasteiger partial charge in [-0.15, -0.1) is 0 Å². The number of alkyl halides is 3. The molecule has 8 nitrogen and oxygen atoms in total. The van der Waals surface area contributed by atoms with Crippen LogP contribution < -0.4 is 20.7 Å². The van der Waals surface area contributed by atoms with Crippen LogP contribution >= 0.6 is 11.6 Å². The molecule has 1 saturated heterocycles. The summed E-state index contributed by atoms with van der Waals surface area (Å²) in [5, 5.41) is 17.0. The molecule has 2 heterocycles. The lowest BCUT2D eigenvalue weighted by atomic mass is 9.90. The van der Waals surface area contributed by atoms with Gasteiger partial charge in [0.05, 0.1) is 13.3 Å². The lowest BCUT2D eigenvalue weighted by molar-refractivity contribution is -0.192. The van der Waals surface area contributed by atoms with Gasteiger partial charge in [0.15, 0.2) is 0 Å². The molecule has 1 aromatic carbocycles. The van der Waals surface area contributed by atoms with Gasteiger partial charge in [0.1, 0.15) is 5.75 Å². The minimum absolute atomic E-state index is 0.00875. The molecular formula is C20H22ClF3N4O4. The number of carbonyl (C=O) groups excluding carboxylic acids is 1. The van der Waals surface area contributed by atoms with Crippen molar-refractivity contribution in [3.63, 3.8) is 0 Å². The Kier molecular flexibility index (Phi) is 9.09. The second-order valence-corrected chi connectivity index (χ2v) is 7.17. The Hall–Kier alpha value is -3.05. The van der Waals surface area contributed by atoms with E-state index in [1.807, 2.05) is 12.1 Å². The number of ether oxygens (including phenoxy) is 1. The number of carboxylic acids is 1. The highest BCUT2D eigenvalue weighted by Crippen LogP contribution is 2.24. The molecule has 12 heteroatoms. The zero-order valence-corrected chi connectivity index (χ0v) is 17.7. The summed E-state index contributed by atoms with van der Waals surface area (Å²) >= 11 is 5.86. The number of pyridine rings is 1. The molecule has 32 heavy (non-hydrogen) atoms. The van der Waals surface area contributed by atoms with E-state index in [0.29, 0.717) is 10.7 Å². The molecule has 0 bridgehead atoms. The van der Waals surface area contributed by atoms with Gasteiger partial charge in [-0.2, -0.15) is 13.2 Å². The number of nitrogens with zero attached hydrogens (tertiary/aromatic N) is 1. The van der Waals surface area contributed by atoms with Gasteiger partial charge in [-0.1, -0.05) is 11.6 Å². The summed E-state index contributed by atoms with van der Waals surface area (Å²) in [5.74, 6) is -1.93. The minimum Gasteiger partial charge on any atom is -0.495 e. The Morgan fingerprint density at radius 2 is 1.88 bits per heavy atom. The summed E-state index contributed by atoms with van der Waals surface area (Å²) in [6.07, 6.45) is -2.54. The fourth-order valence-corrected chi connectivity index (χ4v) is 3.07. The van der Waals surface area contributed by atoms with Gasteiger partial charge in [0.25, 0.3) is 0 Å². The van der Waals surface area contributed by atoms with E-state index in [0.717, 1.165) is 31.0 Å². The summed E-state index contributed by atoms with van der Waals surface area (Å²) < 4.78 is 36.9. The van der Waals surface area contributed by atoms with Crippen molar-refractivity contribution in [1.82, 2.24) is 15.6 Å². The van der Waals surface area contributed by atoms with Crippen molar-refractivity contribution < 1.29 is 32.6 Å². The van der Waals surface area contributed by atoms with Crippen LogP contribution in [0.2, 0.25) is 5.02 Å². The number of carbonyl (C=O) groups is 2. The van der Waals surface area contributed by atoms with Crippen LogP contribution in [0.15, 0.2) is 42.6 Å². The fourth-order valence-electron chi connectivity index (χ4n) is 2.94. The molecular weight excluding hydrogens is 453 g/mol. The number of aliphatic carboxylic acids is 1. The molecule has 1 aromatic heterocycles. The number of hydrogen-bond acceptors (Lipinski definition) is 5. The second kappa shape index (κ2) is 11.5. The van der Waals surface area contributed by atoms with Crippen LogP contribution in [0.3, 0.4) is 0 Å². The summed E-state index contributed by atoms with van der Waals surface area (Å²) in [4.78, 5) is 25.7. The largest absolute Gasteiger partial charge is 0.495 e. The highest BCUT2D eigenvalue weighted by molar-refractivity contribution is 6.30. The van der Waals surface area contributed by atoms with Gasteiger partial charge in [0.2, 0.25) is 0 Å². The van der Waals surface area contributed by atoms with Crippen LogP contribution in [-0.2, 0) is 4.79 Å². The zero-order chi connectivity index (χ0) is 23.7. The molecule has 2 unspecified atom stereocenters. The van der Waals surface area contributed by atoms with Crippen LogP contribution in [-0.4, -0.2) is 54.5 Å². The molecule has 2 amide bonds. The number of anilines is 1. The number of rotatable bonds is 4. The third-order valence-corrected chi connectivity index (χ3v) is 4.77. The first-order valence-electron chi connectivity index (χ1n) is 9.44. The predicted molar refractivity (Wildman–Crippen MR) is 112 cm³/mol. The number of piperidine rings is 1. The third kappa shape index (κ3) is 7.89. The maximum atomic E-state index is 12.3. The minimum atomic E-state index is -5.08. The van der Waals surface area contributed by atoms with Gasteiger partial charge in [-0.3, -0.25) is 4.98 Å². The second-order valence-electron chi connectivity index (χ2n) is 6.74. The Labute approximate surface area is 187 Å². The van der Waals surface area contributed by atoms with Crippen LogP contribution in [0.4, 0.5) is 23.7 Å². The smallest absolute Gasteiger partial charge is 0.490 e. The fraction of sp³-hybridized carbons (Fsp3) is 0.350. The quantitative estimate of drug-likeness (QED) is 0.538. The van der Waals surface area contributed by atoms with E-state index < -0.39 is 12.1 Å². The Morgan fingerprint density at radius 1 is 1.22 bits per heavy atom. The van der Waals surface area contributed by atoms with Gasteiger partial charge in [-0.25, -0.2) is 9.59 Å². The summed E-state index contributed by atoms with van der Waals surface area (Å²) in [5.41, 5.74) is 1.64. The number of hydrogen-bond donors (Lipinski definition) is 4. The number of amides is 2. The Bertz CT molecular complexity index is 895. The van der Waals surface area contributed by atoms with Gasteiger partial charge in [0, 0.05) is 34.9 Å².